The molecule has 0 aromatic carbocycles. The maximum atomic E-state index is 4.46. The predicted octanol–water partition coefficient (Wildman–Crippen LogP) is 3.08. The van der Waals surface area contributed by atoms with Gasteiger partial charge < -0.3 is 4.90 Å². The van der Waals surface area contributed by atoms with Crippen LogP contribution in [0.5, 0.6) is 0 Å². The molecule has 1 aromatic heterocycles. The van der Waals surface area contributed by atoms with Crippen LogP contribution >= 0.6 is 15.9 Å². The minimum Gasteiger partial charge on any atom is -0.357 e. The number of anilines is 1. The Balaban J connectivity index is 2.08. The Kier molecular flexibility index (Phi) is 3.06. The monoisotopic (exact) mass is 254 g/mol. The minimum atomic E-state index is 0.874. The van der Waals surface area contributed by atoms with E-state index in [0.29, 0.717) is 0 Å². The van der Waals surface area contributed by atoms with Gasteiger partial charge in [-0.25, -0.2) is 4.98 Å². The van der Waals surface area contributed by atoms with Crippen molar-refractivity contribution in [3.63, 3.8) is 0 Å². The smallest absolute Gasteiger partial charge is 0.129 e. The minimum absolute atomic E-state index is 0.874. The molecule has 0 amide bonds. The van der Waals surface area contributed by atoms with Crippen LogP contribution in [0.15, 0.2) is 22.8 Å². The molecule has 0 aliphatic carbocycles. The van der Waals surface area contributed by atoms with Crippen molar-refractivity contribution in [2.24, 2.45) is 5.92 Å². The average molecular weight is 255 g/mol. The highest BCUT2D eigenvalue weighted by atomic mass is 79.9. The maximum Gasteiger partial charge on any atom is 0.129 e. The fourth-order valence-corrected chi connectivity index (χ4v) is 2.15. The summed E-state index contributed by atoms with van der Waals surface area (Å²) in [6.45, 7) is 4.61. The van der Waals surface area contributed by atoms with E-state index in [2.05, 4.69) is 38.8 Å². The lowest BCUT2D eigenvalue weighted by atomic mass is 9.99. The van der Waals surface area contributed by atoms with Crippen molar-refractivity contribution >= 4 is 21.7 Å². The van der Waals surface area contributed by atoms with Crippen LogP contribution in [-0.4, -0.2) is 18.1 Å². The number of hydrogen-bond acceptors (Lipinski definition) is 2. The van der Waals surface area contributed by atoms with Gasteiger partial charge in [0, 0.05) is 13.1 Å². The number of piperidine rings is 1. The van der Waals surface area contributed by atoms with Gasteiger partial charge in [0.2, 0.25) is 0 Å². The van der Waals surface area contributed by atoms with Gasteiger partial charge in [-0.15, -0.1) is 0 Å². The molecule has 2 rings (SSSR count). The summed E-state index contributed by atoms with van der Waals surface area (Å²) in [6, 6.07) is 6.10. The molecule has 1 saturated heterocycles. The zero-order chi connectivity index (χ0) is 9.97. The van der Waals surface area contributed by atoms with Crippen molar-refractivity contribution < 1.29 is 0 Å². The molecule has 1 aliphatic rings. The Morgan fingerprint density at radius 2 is 2.07 bits per heavy atom. The molecule has 1 aromatic rings. The van der Waals surface area contributed by atoms with Gasteiger partial charge in [-0.2, -0.15) is 0 Å². The molecule has 14 heavy (non-hydrogen) atoms. The third-order valence-electron chi connectivity index (χ3n) is 2.81. The van der Waals surface area contributed by atoms with Gasteiger partial charge in [-0.1, -0.05) is 13.0 Å². The number of nitrogens with zero attached hydrogens (tertiary/aromatic N) is 2. The van der Waals surface area contributed by atoms with Crippen LogP contribution in [0.4, 0.5) is 5.82 Å². The van der Waals surface area contributed by atoms with Crippen molar-refractivity contribution in [1.29, 1.82) is 0 Å². The van der Waals surface area contributed by atoms with Gasteiger partial charge in [-0.05, 0) is 46.8 Å². The summed E-state index contributed by atoms with van der Waals surface area (Å²) in [4.78, 5) is 6.83. The Bertz CT molecular complexity index is 306. The van der Waals surface area contributed by atoms with Crippen LogP contribution in [0.25, 0.3) is 0 Å². The number of pyridine rings is 1. The zero-order valence-electron chi connectivity index (χ0n) is 8.41. The SMILES string of the molecule is CC1CCN(c2cccc(Br)n2)CC1. The van der Waals surface area contributed by atoms with Gasteiger partial charge in [-0.3, -0.25) is 0 Å². The number of hydrogen-bond donors (Lipinski definition) is 0. The van der Waals surface area contributed by atoms with E-state index in [9.17, 15) is 0 Å². The van der Waals surface area contributed by atoms with E-state index in [1.807, 2.05) is 12.1 Å². The summed E-state index contributed by atoms with van der Waals surface area (Å²) in [5, 5.41) is 0. The fourth-order valence-electron chi connectivity index (χ4n) is 1.81. The van der Waals surface area contributed by atoms with Gasteiger partial charge in [0.05, 0.1) is 0 Å². The molecule has 0 unspecified atom stereocenters. The van der Waals surface area contributed by atoms with Gasteiger partial charge >= 0.3 is 0 Å². The average Bonchev–Trinajstić information content (AvgIpc) is 2.19. The van der Waals surface area contributed by atoms with Crippen molar-refractivity contribution in [1.82, 2.24) is 4.98 Å². The molecule has 1 fully saturated rings. The van der Waals surface area contributed by atoms with Crippen molar-refractivity contribution in [2.75, 3.05) is 18.0 Å². The standard InChI is InChI=1S/C11H15BrN2/c1-9-5-7-14(8-6-9)11-4-2-3-10(12)13-11/h2-4,9H,5-8H2,1H3. The fraction of sp³-hybridized carbons (Fsp3) is 0.545. The van der Waals surface area contributed by atoms with Gasteiger partial charge in [0.1, 0.15) is 10.4 Å². The van der Waals surface area contributed by atoms with E-state index < -0.39 is 0 Å². The quantitative estimate of drug-likeness (QED) is 0.717. The maximum absolute atomic E-state index is 4.46. The van der Waals surface area contributed by atoms with Crippen LogP contribution in [0.3, 0.4) is 0 Å². The number of rotatable bonds is 1. The predicted molar refractivity (Wildman–Crippen MR) is 62.5 cm³/mol. The molecular formula is C11H15BrN2. The van der Waals surface area contributed by atoms with Crippen molar-refractivity contribution in [3.05, 3.63) is 22.8 Å². The summed E-state index contributed by atoms with van der Waals surface area (Å²) in [5.41, 5.74) is 0. The molecule has 0 saturated carbocycles. The molecular weight excluding hydrogens is 240 g/mol. The Morgan fingerprint density at radius 3 is 2.71 bits per heavy atom. The third kappa shape index (κ3) is 2.27. The summed E-state index contributed by atoms with van der Waals surface area (Å²) in [5.74, 6) is 1.98. The number of aromatic nitrogens is 1. The molecule has 2 heterocycles. The van der Waals surface area contributed by atoms with Crippen LogP contribution in [0.1, 0.15) is 19.8 Å². The lowest BCUT2D eigenvalue weighted by Crippen LogP contribution is -2.33. The van der Waals surface area contributed by atoms with Gasteiger partial charge in [0.15, 0.2) is 0 Å². The highest BCUT2D eigenvalue weighted by Gasteiger charge is 2.16. The molecule has 0 N–H and O–H groups in total. The molecule has 0 atom stereocenters. The highest BCUT2D eigenvalue weighted by Crippen LogP contribution is 2.22. The highest BCUT2D eigenvalue weighted by molar-refractivity contribution is 9.10. The van der Waals surface area contributed by atoms with E-state index in [4.69, 9.17) is 0 Å². The Labute approximate surface area is 93.5 Å². The summed E-state index contributed by atoms with van der Waals surface area (Å²) in [7, 11) is 0. The van der Waals surface area contributed by atoms with E-state index in [1.54, 1.807) is 0 Å². The van der Waals surface area contributed by atoms with E-state index in [-0.39, 0.29) is 0 Å². The first-order valence-corrected chi connectivity index (χ1v) is 5.92. The first-order valence-electron chi connectivity index (χ1n) is 5.13. The zero-order valence-corrected chi connectivity index (χ0v) is 10.00. The molecule has 2 nitrogen and oxygen atoms in total. The Hall–Kier alpha value is -0.570. The van der Waals surface area contributed by atoms with Crippen LogP contribution < -0.4 is 4.90 Å². The molecule has 3 heteroatoms. The normalized spacial score (nSPS) is 18.6. The summed E-state index contributed by atoms with van der Waals surface area (Å²) in [6.07, 6.45) is 2.57. The molecule has 76 valence electrons. The first kappa shape index (κ1) is 9.97. The van der Waals surface area contributed by atoms with Gasteiger partial charge in [0.25, 0.3) is 0 Å². The summed E-state index contributed by atoms with van der Waals surface area (Å²) < 4.78 is 0.925. The molecule has 1 aliphatic heterocycles. The first-order chi connectivity index (χ1) is 6.75. The van der Waals surface area contributed by atoms with E-state index in [0.717, 1.165) is 29.4 Å². The Morgan fingerprint density at radius 1 is 1.36 bits per heavy atom. The second-order valence-electron chi connectivity index (χ2n) is 3.99. The number of halogens is 1. The van der Waals surface area contributed by atoms with Crippen molar-refractivity contribution in [2.45, 2.75) is 19.8 Å². The second-order valence-corrected chi connectivity index (χ2v) is 4.80. The molecule has 0 radical (unpaired) electrons. The second kappa shape index (κ2) is 4.30. The van der Waals surface area contributed by atoms with Crippen LogP contribution in [0.2, 0.25) is 0 Å². The lowest BCUT2D eigenvalue weighted by molar-refractivity contribution is 0.436. The van der Waals surface area contributed by atoms with E-state index >= 15 is 0 Å². The van der Waals surface area contributed by atoms with Crippen molar-refractivity contribution in [3.8, 4) is 0 Å². The van der Waals surface area contributed by atoms with Crippen LogP contribution in [-0.2, 0) is 0 Å². The largest absolute Gasteiger partial charge is 0.357 e. The topological polar surface area (TPSA) is 16.1 Å². The van der Waals surface area contributed by atoms with E-state index in [1.165, 1.54) is 12.8 Å². The molecule has 0 spiro atoms. The summed E-state index contributed by atoms with van der Waals surface area (Å²) >= 11 is 3.40. The third-order valence-corrected chi connectivity index (χ3v) is 3.25. The molecule has 0 bridgehead atoms. The lowest BCUT2D eigenvalue weighted by Gasteiger charge is -2.31. The van der Waals surface area contributed by atoms with Crippen LogP contribution in [0, 0.1) is 5.92 Å².